The molecule has 2 unspecified atom stereocenters. The summed E-state index contributed by atoms with van der Waals surface area (Å²) in [5.41, 5.74) is 3.50. The second-order valence-corrected chi connectivity index (χ2v) is 6.72. The number of hydrogen-bond donors (Lipinski definition) is 2. The van der Waals surface area contributed by atoms with E-state index < -0.39 is 6.10 Å². The lowest BCUT2D eigenvalue weighted by molar-refractivity contribution is -0.124. The standard InChI is InChI=1S/C19H29NO2/c1-4-5-9-18(21)15-11-10-14-7-6-8-17(16(14)12-15)20-19(22)13(2)3/h10-13,17-18,21H,4-9H2,1-3H3,(H,20,22). The molecule has 122 valence electrons. The lowest BCUT2D eigenvalue weighted by Gasteiger charge is -2.28. The monoisotopic (exact) mass is 303 g/mol. The summed E-state index contributed by atoms with van der Waals surface area (Å²) in [5, 5.41) is 13.5. The smallest absolute Gasteiger partial charge is 0.223 e. The van der Waals surface area contributed by atoms with E-state index in [2.05, 4.69) is 24.4 Å². The van der Waals surface area contributed by atoms with E-state index >= 15 is 0 Å². The van der Waals surface area contributed by atoms with E-state index in [-0.39, 0.29) is 17.9 Å². The molecule has 0 fully saturated rings. The second kappa shape index (κ2) is 7.77. The first kappa shape index (κ1) is 17.0. The molecule has 3 nitrogen and oxygen atoms in total. The number of amides is 1. The normalized spacial score (nSPS) is 18.9. The largest absolute Gasteiger partial charge is 0.388 e. The number of aryl methyl sites for hydroxylation is 1. The molecule has 0 aliphatic heterocycles. The molecule has 1 amide bonds. The summed E-state index contributed by atoms with van der Waals surface area (Å²) >= 11 is 0. The van der Waals surface area contributed by atoms with Crippen molar-refractivity contribution in [3.8, 4) is 0 Å². The van der Waals surface area contributed by atoms with Gasteiger partial charge in [0.05, 0.1) is 12.1 Å². The van der Waals surface area contributed by atoms with Crippen molar-refractivity contribution in [1.29, 1.82) is 0 Å². The van der Waals surface area contributed by atoms with Gasteiger partial charge in [0, 0.05) is 5.92 Å². The Balaban J connectivity index is 2.18. The molecule has 3 heteroatoms. The van der Waals surface area contributed by atoms with Crippen molar-refractivity contribution >= 4 is 5.91 Å². The van der Waals surface area contributed by atoms with E-state index in [9.17, 15) is 9.90 Å². The number of unbranched alkanes of at least 4 members (excludes halogenated alkanes) is 1. The number of rotatable bonds is 6. The molecule has 0 bridgehead atoms. The topological polar surface area (TPSA) is 49.3 Å². The van der Waals surface area contributed by atoms with Crippen molar-refractivity contribution in [2.45, 2.75) is 71.4 Å². The molecule has 0 saturated heterocycles. The number of benzene rings is 1. The molecular weight excluding hydrogens is 274 g/mol. The van der Waals surface area contributed by atoms with Gasteiger partial charge in [-0.1, -0.05) is 51.8 Å². The number of nitrogens with one attached hydrogen (secondary N) is 1. The third kappa shape index (κ3) is 4.10. The number of aliphatic hydroxyl groups is 1. The quantitative estimate of drug-likeness (QED) is 0.832. The highest BCUT2D eigenvalue weighted by Gasteiger charge is 2.23. The van der Waals surface area contributed by atoms with Crippen LogP contribution >= 0.6 is 0 Å². The Kier molecular flexibility index (Phi) is 6.01. The van der Waals surface area contributed by atoms with Crippen molar-refractivity contribution in [1.82, 2.24) is 5.32 Å². The van der Waals surface area contributed by atoms with Gasteiger partial charge >= 0.3 is 0 Å². The van der Waals surface area contributed by atoms with Gasteiger partial charge in [-0.3, -0.25) is 4.79 Å². The van der Waals surface area contributed by atoms with Gasteiger partial charge in [-0.05, 0) is 42.4 Å². The zero-order valence-electron chi connectivity index (χ0n) is 14.1. The molecule has 2 N–H and O–H groups in total. The van der Waals surface area contributed by atoms with E-state index in [0.29, 0.717) is 0 Å². The molecule has 2 atom stereocenters. The van der Waals surface area contributed by atoms with E-state index in [4.69, 9.17) is 0 Å². The van der Waals surface area contributed by atoms with E-state index in [1.54, 1.807) is 0 Å². The summed E-state index contributed by atoms with van der Waals surface area (Å²) in [7, 11) is 0. The first-order chi connectivity index (χ1) is 10.5. The minimum atomic E-state index is -0.395. The van der Waals surface area contributed by atoms with Crippen LogP contribution in [0, 0.1) is 5.92 Å². The van der Waals surface area contributed by atoms with Gasteiger partial charge < -0.3 is 10.4 Å². The van der Waals surface area contributed by atoms with Gasteiger partial charge in [0.1, 0.15) is 0 Å². The van der Waals surface area contributed by atoms with Crippen molar-refractivity contribution in [2.24, 2.45) is 5.92 Å². The van der Waals surface area contributed by atoms with Crippen molar-refractivity contribution < 1.29 is 9.90 Å². The molecule has 2 rings (SSSR count). The molecule has 0 radical (unpaired) electrons. The summed E-state index contributed by atoms with van der Waals surface area (Å²) in [6.45, 7) is 5.98. The van der Waals surface area contributed by atoms with E-state index in [1.807, 2.05) is 19.9 Å². The Bertz CT molecular complexity index is 510. The van der Waals surface area contributed by atoms with Crippen LogP contribution in [0.5, 0.6) is 0 Å². The fourth-order valence-electron chi connectivity index (χ4n) is 3.08. The SMILES string of the molecule is CCCCC(O)c1ccc2c(c1)C(NC(=O)C(C)C)CCC2. The predicted molar refractivity (Wildman–Crippen MR) is 89.6 cm³/mol. The van der Waals surface area contributed by atoms with Crippen LogP contribution in [0.25, 0.3) is 0 Å². The molecule has 0 aromatic heterocycles. The Hall–Kier alpha value is -1.35. The summed E-state index contributed by atoms with van der Waals surface area (Å²) in [6, 6.07) is 6.39. The average molecular weight is 303 g/mol. The van der Waals surface area contributed by atoms with Gasteiger partial charge in [0.2, 0.25) is 5.91 Å². The highest BCUT2D eigenvalue weighted by atomic mass is 16.3. The molecule has 1 aromatic carbocycles. The van der Waals surface area contributed by atoms with Gasteiger partial charge in [-0.2, -0.15) is 0 Å². The number of aliphatic hydroxyl groups excluding tert-OH is 1. The zero-order valence-corrected chi connectivity index (χ0v) is 14.1. The molecule has 1 aliphatic rings. The minimum Gasteiger partial charge on any atom is -0.388 e. The maximum atomic E-state index is 12.0. The zero-order chi connectivity index (χ0) is 16.1. The molecule has 0 spiro atoms. The third-order valence-corrected chi connectivity index (χ3v) is 4.54. The summed E-state index contributed by atoms with van der Waals surface area (Å²) in [5.74, 6) is 0.110. The minimum absolute atomic E-state index is 0.00343. The maximum absolute atomic E-state index is 12.0. The number of carbonyl (C=O) groups excluding carboxylic acids is 1. The lowest BCUT2D eigenvalue weighted by Crippen LogP contribution is -2.33. The molecule has 0 heterocycles. The van der Waals surface area contributed by atoms with Crippen LogP contribution in [0.2, 0.25) is 0 Å². The Morgan fingerprint density at radius 2 is 2.18 bits per heavy atom. The first-order valence-corrected chi connectivity index (χ1v) is 8.64. The third-order valence-electron chi connectivity index (χ3n) is 4.54. The summed E-state index contributed by atoms with van der Waals surface area (Å²) in [4.78, 5) is 12.0. The second-order valence-electron chi connectivity index (χ2n) is 6.72. The van der Waals surface area contributed by atoms with Crippen LogP contribution in [0.15, 0.2) is 18.2 Å². The highest BCUT2D eigenvalue weighted by Crippen LogP contribution is 2.33. The van der Waals surface area contributed by atoms with Gasteiger partial charge in [0.15, 0.2) is 0 Å². The first-order valence-electron chi connectivity index (χ1n) is 8.64. The summed E-state index contributed by atoms with van der Waals surface area (Å²) in [6.07, 6.45) is 5.69. The molecule has 1 aromatic rings. The van der Waals surface area contributed by atoms with Gasteiger partial charge in [-0.25, -0.2) is 0 Å². The van der Waals surface area contributed by atoms with Crippen LogP contribution in [-0.4, -0.2) is 11.0 Å². The van der Waals surface area contributed by atoms with Crippen molar-refractivity contribution in [3.63, 3.8) is 0 Å². The molecule has 22 heavy (non-hydrogen) atoms. The number of carbonyl (C=O) groups is 1. The van der Waals surface area contributed by atoms with Gasteiger partial charge in [0.25, 0.3) is 0 Å². The number of hydrogen-bond acceptors (Lipinski definition) is 2. The fraction of sp³-hybridized carbons (Fsp3) is 0.632. The van der Waals surface area contributed by atoms with Gasteiger partial charge in [-0.15, -0.1) is 0 Å². The summed E-state index contributed by atoms with van der Waals surface area (Å²) < 4.78 is 0. The molecule has 1 aliphatic carbocycles. The Morgan fingerprint density at radius 3 is 2.86 bits per heavy atom. The molecular formula is C19H29NO2. The number of fused-ring (bicyclic) bond motifs is 1. The fourth-order valence-corrected chi connectivity index (χ4v) is 3.08. The Morgan fingerprint density at radius 1 is 1.41 bits per heavy atom. The van der Waals surface area contributed by atoms with E-state index in [0.717, 1.165) is 44.1 Å². The maximum Gasteiger partial charge on any atom is 0.223 e. The highest BCUT2D eigenvalue weighted by molar-refractivity contribution is 5.78. The predicted octanol–water partition coefficient (Wildman–Crippen LogP) is 4.06. The van der Waals surface area contributed by atoms with Crippen molar-refractivity contribution in [2.75, 3.05) is 0 Å². The Labute approximate surface area is 134 Å². The van der Waals surface area contributed by atoms with E-state index in [1.165, 1.54) is 11.1 Å². The van der Waals surface area contributed by atoms with Crippen LogP contribution in [0.3, 0.4) is 0 Å². The van der Waals surface area contributed by atoms with Crippen LogP contribution < -0.4 is 5.32 Å². The van der Waals surface area contributed by atoms with Crippen LogP contribution in [0.1, 0.15) is 81.7 Å². The average Bonchev–Trinajstić information content (AvgIpc) is 2.52. The molecule has 0 saturated carbocycles. The van der Waals surface area contributed by atoms with Crippen molar-refractivity contribution in [3.05, 3.63) is 34.9 Å². The van der Waals surface area contributed by atoms with Crippen LogP contribution in [0.4, 0.5) is 0 Å². The van der Waals surface area contributed by atoms with Crippen LogP contribution in [-0.2, 0) is 11.2 Å². The lowest BCUT2D eigenvalue weighted by atomic mass is 9.85.